The maximum absolute atomic E-state index is 10.8. The Morgan fingerprint density at radius 1 is 1.44 bits per heavy atom. The molecule has 100 valence electrons. The summed E-state index contributed by atoms with van der Waals surface area (Å²) in [5.41, 5.74) is 0.394. The Bertz CT molecular complexity index is 421. The SMILES string of the molecule is CCCNCc1cc(OCC)c(O)c([N+](=O)[O-])c1. The minimum Gasteiger partial charge on any atom is -0.500 e. The van der Waals surface area contributed by atoms with E-state index in [1.165, 1.54) is 6.07 Å². The number of benzene rings is 1. The van der Waals surface area contributed by atoms with Crippen molar-refractivity contribution in [2.45, 2.75) is 26.8 Å². The van der Waals surface area contributed by atoms with Crippen molar-refractivity contribution in [2.75, 3.05) is 13.2 Å². The highest BCUT2D eigenvalue weighted by Gasteiger charge is 2.19. The van der Waals surface area contributed by atoms with E-state index in [2.05, 4.69) is 5.32 Å². The van der Waals surface area contributed by atoms with E-state index in [9.17, 15) is 15.2 Å². The highest BCUT2D eigenvalue weighted by atomic mass is 16.6. The summed E-state index contributed by atoms with van der Waals surface area (Å²) in [7, 11) is 0. The third-order valence-electron chi connectivity index (χ3n) is 2.37. The first-order chi connectivity index (χ1) is 8.60. The van der Waals surface area contributed by atoms with Gasteiger partial charge in [0, 0.05) is 12.6 Å². The summed E-state index contributed by atoms with van der Waals surface area (Å²) >= 11 is 0. The second-order valence-electron chi connectivity index (χ2n) is 3.83. The van der Waals surface area contributed by atoms with Gasteiger partial charge in [-0.15, -0.1) is 0 Å². The molecule has 1 rings (SSSR count). The van der Waals surface area contributed by atoms with Crippen molar-refractivity contribution >= 4 is 5.69 Å². The van der Waals surface area contributed by atoms with E-state index in [0.29, 0.717) is 13.2 Å². The minimum absolute atomic E-state index is 0.153. The van der Waals surface area contributed by atoms with Crippen LogP contribution in [0, 0.1) is 10.1 Å². The van der Waals surface area contributed by atoms with Crippen LogP contribution in [0.25, 0.3) is 0 Å². The van der Waals surface area contributed by atoms with E-state index in [1.807, 2.05) is 6.92 Å². The third kappa shape index (κ3) is 3.59. The fourth-order valence-electron chi connectivity index (χ4n) is 1.56. The molecule has 0 saturated carbocycles. The van der Waals surface area contributed by atoms with Crippen molar-refractivity contribution in [1.82, 2.24) is 5.32 Å². The van der Waals surface area contributed by atoms with E-state index in [4.69, 9.17) is 4.74 Å². The van der Waals surface area contributed by atoms with Crippen LogP contribution in [0.15, 0.2) is 12.1 Å². The molecule has 0 atom stereocenters. The number of rotatable bonds is 7. The predicted molar refractivity (Wildman–Crippen MR) is 67.9 cm³/mol. The summed E-state index contributed by atoms with van der Waals surface area (Å²) in [6.07, 6.45) is 0.985. The minimum atomic E-state index is -0.610. The zero-order valence-corrected chi connectivity index (χ0v) is 10.6. The third-order valence-corrected chi connectivity index (χ3v) is 2.37. The van der Waals surface area contributed by atoms with Gasteiger partial charge in [0.05, 0.1) is 11.5 Å². The van der Waals surface area contributed by atoms with Crippen LogP contribution in [0.5, 0.6) is 11.5 Å². The number of nitrogens with zero attached hydrogens (tertiary/aromatic N) is 1. The topological polar surface area (TPSA) is 84.6 Å². The van der Waals surface area contributed by atoms with Crippen molar-refractivity contribution < 1.29 is 14.8 Å². The summed E-state index contributed by atoms with van der Waals surface area (Å²) in [6, 6.07) is 2.98. The molecule has 0 fully saturated rings. The van der Waals surface area contributed by atoms with Gasteiger partial charge >= 0.3 is 5.69 Å². The van der Waals surface area contributed by atoms with Crippen molar-refractivity contribution in [3.8, 4) is 11.5 Å². The zero-order chi connectivity index (χ0) is 13.5. The number of nitrogens with one attached hydrogen (secondary N) is 1. The standard InChI is InChI=1S/C12H18N2O4/c1-3-5-13-8-9-6-10(14(16)17)12(15)11(7-9)18-4-2/h6-7,13,15H,3-5,8H2,1-2H3. The van der Waals surface area contributed by atoms with Crippen LogP contribution < -0.4 is 10.1 Å². The predicted octanol–water partition coefficient (Wildman–Crippen LogP) is 2.20. The number of phenolic OH excluding ortho intramolecular Hbond substituents is 1. The van der Waals surface area contributed by atoms with Crippen molar-refractivity contribution in [3.63, 3.8) is 0 Å². The highest BCUT2D eigenvalue weighted by molar-refractivity contribution is 5.57. The van der Waals surface area contributed by atoms with Gasteiger partial charge in [-0.05, 0) is 31.5 Å². The van der Waals surface area contributed by atoms with Gasteiger partial charge in [-0.2, -0.15) is 0 Å². The maximum atomic E-state index is 10.8. The first kappa shape index (κ1) is 14.2. The van der Waals surface area contributed by atoms with Gasteiger partial charge in [0.1, 0.15) is 0 Å². The molecule has 6 nitrogen and oxygen atoms in total. The molecule has 0 radical (unpaired) electrons. The lowest BCUT2D eigenvalue weighted by molar-refractivity contribution is -0.386. The Hall–Kier alpha value is -1.82. The highest BCUT2D eigenvalue weighted by Crippen LogP contribution is 2.37. The molecule has 2 N–H and O–H groups in total. The van der Waals surface area contributed by atoms with E-state index in [0.717, 1.165) is 18.5 Å². The summed E-state index contributed by atoms with van der Waals surface area (Å²) < 4.78 is 5.19. The van der Waals surface area contributed by atoms with Crippen molar-refractivity contribution in [3.05, 3.63) is 27.8 Å². The first-order valence-corrected chi connectivity index (χ1v) is 5.93. The molecule has 1 aromatic rings. The fourth-order valence-corrected chi connectivity index (χ4v) is 1.56. The molecule has 0 aliphatic carbocycles. The molecule has 0 unspecified atom stereocenters. The molecule has 0 bridgehead atoms. The summed E-state index contributed by atoms with van der Waals surface area (Å²) in [6.45, 7) is 5.48. The summed E-state index contributed by atoms with van der Waals surface area (Å²) in [4.78, 5) is 10.2. The van der Waals surface area contributed by atoms with E-state index in [-0.39, 0.29) is 11.4 Å². The summed E-state index contributed by atoms with van der Waals surface area (Å²) in [5, 5.41) is 23.7. The molecule has 0 spiro atoms. The molecule has 0 aliphatic heterocycles. The van der Waals surface area contributed by atoms with Gasteiger partial charge in [-0.1, -0.05) is 6.92 Å². The average Bonchev–Trinajstić information content (AvgIpc) is 2.33. The smallest absolute Gasteiger partial charge is 0.314 e. The van der Waals surface area contributed by atoms with Gasteiger partial charge in [-0.25, -0.2) is 0 Å². The number of aromatic hydroxyl groups is 1. The number of phenols is 1. The molecule has 0 aliphatic rings. The van der Waals surface area contributed by atoms with Crippen LogP contribution in [-0.4, -0.2) is 23.2 Å². The number of ether oxygens (including phenoxy) is 1. The lowest BCUT2D eigenvalue weighted by Gasteiger charge is -2.09. The monoisotopic (exact) mass is 254 g/mol. The van der Waals surface area contributed by atoms with Gasteiger partial charge in [-0.3, -0.25) is 10.1 Å². The molecule has 0 saturated heterocycles. The Kier molecular flexibility index (Phi) is 5.38. The first-order valence-electron chi connectivity index (χ1n) is 5.93. The summed E-state index contributed by atoms with van der Waals surface area (Å²) in [5.74, 6) is -0.263. The average molecular weight is 254 g/mol. The molecule has 6 heteroatoms. The molecule has 0 aromatic heterocycles. The van der Waals surface area contributed by atoms with Crippen LogP contribution in [-0.2, 0) is 6.54 Å². The Morgan fingerprint density at radius 3 is 2.72 bits per heavy atom. The second kappa shape index (κ2) is 6.80. The van der Waals surface area contributed by atoms with E-state index >= 15 is 0 Å². The van der Waals surface area contributed by atoms with Gasteiger partial charge in [0.25, 0.3) is 0 Å². The second-order valence-corrected chi connectivity index (χ2v) is 3.83. The fraction of sp³-hybridized carbons (Fsp3) is 0.500. The molecule has 18 heavy (non-hydrogen) atoms. The van der Waals surface area contributed by atoms with Crippen LogP contribution in [0.1, 0.15) is 25.8 Å². The Balaban J connectivity index is 3.00. The van der Waals surface area contributed by atoms with Crippen molar-refractivity contribution in [2.24, 2.45) is 0 Å². The normalized spacial score (nSPS) is 10.3. The number of nitro groups is 1. The van der Waals surface area contributed by atoms with Crippen LogP contribution in [0.2, 0.25) is 0 Å². The van der Waals surface area contributed by atoms with E-state index in [1.54, 1.807) is 13.0 Å². The Labute approximate surface area is 106 Å². The van der Waals surface area contributed by atoms with Crippen molar-refractivity contribution in [1.29, 1.82) is 0 Å². The number of hydrogen-bond donors (Lipinski definition) is 2. The molecule has 0 amide bonds. The van der Waals surface area contributed by atoms with Crippen LogP contribution in [0.4, 0.5) is 5.69 Å². The lowest BCUT2D eigenvalue weighted by atomic mass is 10.1. The number of nitro benzene ring substituents is 1. The largest absolute Gasteiger partial charge is 0.500 e. The zero-order valence-electron chi connectivity index (χ0n) is 10.6. The molecular weight excluding hydrogens is 236 g/mol. The van der Waals surface area contributed by atoms with Gasteiger partial charge < -0.3 is 15.2 Å². The molecule has 0 heterocycles. The van der Waals surface area contributed by atoms with Crippen LogP contribution >= 0.6 is 0 Å². The lowest BCUT2D eigenvalue weighted by Crippen LogP contribution is -2.14. The van der Waals surface area contributed by atoms with Gasteiger partial charge in [0.15, 0.2) is 5.75 Å². The van der Waals surface area contributed by atoms with Gasteiger partial charge in [0.2, 0.25) is 5.75 Å². The maximum Gasteiger partial charge on any atom is 0.314 e. The Morgan fingerprint density at radius 2 is 2.17 bits per heavy atom. The molecule has 1 aromatic carbocycles. The number of hydrogen-bond acceptors (Lipinski definition) is 5. The molecular formula is C12H18N2O4. The quantitative estimate of drug-likeness (QED) is 0.442. The van der Waals surface area contributed by atoms with Crippen LogP contribution in [0.3, 0.4) is 0 Å². The van der Waals surface area contributed by atoms with E-state index < -0.39 is 10.7 Å².